The Bertz CT molecular complexity index is 1330. The van der Waals surface area contributed by atoms with E-state index in [1.54, 1.807) is 30.3 Å². The Hall–Kier alpha value is -3.65. The van der Waals surface area contributed by atoms with Gasteiger partial charge < -0.3 is 10.2 Å². The fraction of sp³-hybridized carbons (Fsp3) is 0.355. The second kappa shape index (κ2) is 13.9. The van der Waals surface area contributed by atoms with Gasteiger partial charge >= 0.3 is 0 Å². The second-order valence-electron chi connectivity index (χ2n) is 10.00. The summed E-state index contributed by atoms with van der Waals surface area (Å²) in [6.45, 7) is 8.04. The van der Waals surface area contributed by atoms with Crippen LogP contribution in [0.1, 0.15) is 38.3 Å². The van der Waals surface area contributed by atoms with Crippen LogP contribution < -0.4 is 9.62 Å². The average Bonchev–Trinajstić information content (AvgIpc) is 2.94. The van der Waals surface area contributed by atoms with Gasteiger partial charge in [0.25, 0.3) is 10.0 Å². The van der Waals surface area contributed by atoms with Crippen LogP contribution >= 0.6 is 0 Å². The van der Waals surface area contributed by atoms with E-state index in [0.29, 0.717) is 25.1 Å². The third-order valence-corrected chi connectivity index (χ3v) is 8.32. The number of rotatable bonds is 13. The quantitative estimate of drug-likeness (QED) is 0.331. The summed E-state index contributed by atoms with van der Waals surface area (Å²) in [6, 6.07) is 24.2. The summed E-state index contributed by atoms with van der Waals surface area (Å²) in [5.41, 5.74) is 2.18. The topological polar surface area (TPSA) is 86.8 Å². The Morgan fingerprint density at radius 2 is 1.46 bits per heavy atom. The molecule has 8 heteroatoms. The summed E-state index contributed by atoms with van der Waals surface area (Å²) >= 11 is 0. The molecule has 208 valence electrons. The second-order valence-corrected chi connectivity index (χ2v) is 11.9. The minimum atomic E-state index is -4.06. The minimum absolute atomic E-state index is 0.0959. The number of nitrogens with one attached hydrogen (secondary N) is 1. The average molecular weight is 550 g/mol. The van der Waals surface area contributed by atoms with Gasteiger partial charge in [-0.05, 0) is 55.0 Å². The smallest absolute Gasteiger partial charge is 0.264 e. The SMILES string of the molecule is CC[C@@H](C(=O)NCC(C)C)N(CCc1ccccc1)C(=O)CN(c1ccccc1C)S(=O)(=O)c1ccccc1. The van der Waals surface area contributed by atoms with E-state index in [1.165, 1.54) is 17.0 Å². The van der Waals surface area contributed by atoms with Crippen LogP contribution in [0.4, 0.5) is 5.69 Å². The van der Waals surface area contributed by atoms with Crippen molar-refractivity contribution in [2.75, 3.05) is 23.9 Å². The molecule has 3 rings (SSSR count). The molecule has 1 N–H and O–H groups in total. The monoisotopic (exact) mass is 549 g/mol. The molecule has 3 aromatic carbocycles. The number of para-hydroxylation sites is 1. The van der Waals surface area contributed by atoms with Crippen LogP contribution in [-0.2, 0) is 26.0 Å². The highest BCUT2D eigenvalue weighted by Gasteiger charge is 2.33. The lowest BCUT2D eigenvalue weighted by Crippen LogP contribution is -2.53. The van der Waals surface area contributed by atoms with Crippen molar-refractivity contribution in [1.82, 2.24) is 10.2 Å². The summed E-state index contributed by atoms with van der Waals surface area (Å²) in [6.07, 6.45) is 0.941. The van der Waals surface area contributed by atoms with Gasteiger partial charge in [-0.3, -0.25) is 13.9 Å². The molecule has 0 aromatic heterocycles. The van der Waals surface area contributed by atoms with Crippen molar-refractivity contribution in [3.8, 4) is 0 Å². The number of nitrogens with zero attached hydrogens (tertiary/aromatic N) is 2. The van der Waals surface area contributed by atoms with Crippen LogP contribution in [0.25, 0.3) is 0 Å². The normalized spacial score (nSPS) is 12.1. The van der Waals surface area contributed by atoms with Crippen LogP contribution in [0.15, 0.2) is 89.8 Å². The van der Waals surface area contributed by atoms with Gasteiger partial charge in [-0.2, -0.15) is 0 Å². The lowest BCUT2D eigenvalue weighted by Gasteiger charge is -2.33. The summed E-state index contributed by atoms with van der Waals surface area (Å²) in [7, 11) is -4.06. The first-order valence-corrected chi connectivity index (χ1v) is 14.8. The van der Waals surface area contributed by atoms with E-state index in [-0.39, 0.29) is 23.3 Å². The van der Waals surface area contributed by atoms with E-state index in [2.05, 4.69) is 5.32 Å². The Labute approximate surface area is 232 Å². The number of aryl methyl sites for hydroxylation is 1. The van der Waals surface area contributed by atoms with E-state index in [0.717, 1.165) is 15.4 Å². The van der Waals surface area contributed by atoms with Gasteiger partial charge in [0.2, 0.25) is 11.8 Å². The summed E-state index contributed by atoms with van der Waals surface area (Å²) < 4.78 is 28.9. The number of benzene rings is 3. The van der Waals surface area contributed by atoms with Crippen molar-refractivity contribution in [2.24, 2.45) is 5.92 Å². The molecule has 0 bridgehead atoms. The molecule has 0 unspecified atom stereocenters. The van der Waals surface area contributed by atoms with Gasteiger partial charge in [-0.15, -0.1) is 0 Å². The van der Waals surface area contributed by atoms with Crippen LogP contribution in [-0.4, -0.2) is 50.8 Å². The van der Waals surface area contributed by atoms with Gasteiger partial charge in [-0.25, -0.2) is 8.42 Å². The minimum Gasteiger partial charge on any atom is -0.354 e. The number of carbonyl (C=O) groups excluding carboxylic acids is 2. The number of carbonyl (C=O) groups is 2. The van der Waals surface area contributed by atoms with Crippen molar-refractivity contribution in [3.63, 3.8) is 0 Å². The Morgan fingerprint density at radius 3 is 2.05 bits per heavy atom. The molecule has 7 nitrogen and oxygen atoms in total. The van der Waals surface area contributed by atoms with Gasteiger partial charge in [0.15, 0.2) is 0 Å². The van der Waals surface area contributed by atoms with Gasteiger partial charge in [0.05, 0.1) is 10.6 Å². The zero-order valence-corrected chi connectivity index (χ0v) is 24.0. The van der Waals surface area contributed by atoms with Crippen LogP contribution in [0.3, 0.4) is 0 Å². The highest BCUT2D eigenvalue weighted by molar-refractivity contribution is 7.92. The Kier molecular flexibility index (Phi) is 10.7. The molecule has 0 radical (unpaired) electrons. The fourth-order valence-corrected chi connectivity index (χ4v) is 5.89. The third kappa shape index (κ3) is 7.93. The van der Waals surface area contributed by atoms with Crippen molar-refractivity contribution in [2.45, 2.75) is 51.5 Å². The molecule has 0 fully saturated rings. The Morgan fingerprint density at radius 1 is 0.872 bits per heavy atom. The standard InChI is InChI=1S/C31H39N3O4S/c1-5-28(31(36)32-22-24(2)3)33(21-20-26-15-8-6-9-16-26)30(35)23-34(29-19-13-12-14-25(29)4)39(37,38)27-17-10-7-11-18-27/h6-19,24,28H,5,20-23H2,1-4H3,(H,32,36)/t28-/m0/s1. The van der Waals surface area contributed by atoms with Crippen molar-refractivity contribution in [3.05, 3.63) is 96.1 Å². The van der Waals surface area contributed by atoms with Crippen molar-refractivity contribution >= 4 is 27.5 Å². The predicted octanol–water partition coefficient (Wildman–Crippen LogP) is 4.81. The Balaban J connectivity index is 1.99. The number of anilines is 1. The lowest BCUT2D eigenvalue weighted by atomic mass is 10.1. The summed E-state index contributed by atoms with van der Waals surface area (Å²) in [4.78, 5) is 28.9. The molecule has 0 saturated carbocycles. The zero-order valence-electron chi connectivity index (χ0n) is 23.2. The summed E-state index contributed by atoms with van der Waals surface area (Å²) in [5.74, 6) is -0.409. The van der Waals surface area contributed by atoms with Gasteiger partial charge in [-0.1, -0.05) is 87.5 Å². The molecule has 39 heavy (non-hydrogen) atoms. The molecular formula is C31H39N3O4S. The molecular weight excluding hydrogens is 510 g/mol. The fourth-order valence-electron chi connectivity index (χ4n) is 4.39. The third-order valence-electron chi connectivity index (χ3n) is 6.55. The van der Waals surface area contributed by atoms with Crippen LogP contribution in [0.5, 0.6) is 0 Å². The number of hydrogen-bond acceptors (Lipinski definition) is 4. The number of amides is 2. The lowest BCUT2D eigenvalue weighted by molar-refractivity contribution is -0.139. The van der Waals surface area contributed by atoms with Crippen molar-refractivity contribution in [1.29, 1.82) is 0 Å². The summed E-state index contributed by atoms with van der Waals surface area (Å²) in [5, 5.41) is 2.95. The predicted molar refractivity (Wildman–Crippen MR) is 156 cm³/mol. The number of sulfonamides is 1. The van der Waals surface area contributed by atoms with Gasteiger partial charge in [0.1, 0.15) is 12.6 Å². The molecule has 2 amide bonds. The first-order chi connectivity index (χ1) is 18.6. The molecule has 0 aliphatic heterocycles. The number of hydrogen-bond donors (Lipinski definition) is 1. The van der Waals surface area contributed by atoms with E-state index >= 15 is 0 Å². The van der Waals surface area contributed by atoms with E-state index < -0.39 is 28.5 Å². The first kappa shape index (κ1) is 29.9. The highest BCUT2D eigenvalue weighted by atomic mass is 32.2. The zero-order chi connectivity index (χ0) is 28.4. The van der Waals surface area contributed by atoms with E-state index in [4.69, 9.17) is 0 Å². The van der Waals surface area contributed by atoms with Crippen LogP contribution in [0.2, 0.25) is 0 Å². The van der Waals surface area contributed by atoms with E-state index in [9.17, 15) is 18.0 Å². The first-order valence-electron chi connectivity index (χ1n) is 13.4. The van der Waals surface area contributed by atoms with Crippen molar-refractivity contribution < 1.29 is 18.0 Å². The molecule has 0 aliphatic rings. The largest absolute Gasteiger partial charge is 0.354 e. The molecule has 3 aromatic rings. The molecule has 0 aliphatic carbocycles. The maximum atomic E-state index is 14.0. The maximum Gasteiger partial charge on any atom is 0.264 e. The maximum absolute atomic E-state index is 14.0. The molecule has 0 spiro atoms. The highest BCUT2D eigenvalue weighted by Crippen LogP contribution is 2.27. The van der Waals surface area contributed by atoms with E-state index in [1.807, 2.05) is 70.2 Å². The molecule has 0 saturated heterocycles. The van der Waals surface area contributed by atoms with Gasteiger partial charge in [0, 0.05) is 13.1 Å². The molecule has 1 atom stereocenters. The molecule has 0 heterocycles. The van der Waals surface area contributed by atoms with Crippen LogP contribution in [0, 0.1) is 12.8 Å².